The summed E-state index contributed by atoms with van der Waals surface area (Å²) in [6, 6.07) is 5.09. The van der Waals surface area contributed by atoms with Crippen molar-refractivity contribution < 1.29 is 4.79 Å². The van der Waals surface area contributed by atoms with Gasteiger partial charge in [0.05, 0.1) is 0 Å². The van der Waals surface area contributed by atoms with E-state index < -0.39 is 0 Å². The minimum absolute atomic E-state index is 0.240. The van der Waals surface area contributed by atoms with Gasteiger partial charge in [-0.3, -0.25) is 9.69 Å². The van der Waals surface area contributed by atoms with Gasteiger partial charge in [0.1, 0.15) is 5.82 Å². The van der Waals surface area contributed by atoms with Gasteiger partial charge in [0.2, 0.25) is 5.91 Å². The maximum Gasteiger partial charge on any atom is 0.219 e. The van der Waals surface area contributed by atoms with Crippen LogP contribution in [0.25, 0.3) is 0 Å². The van der Waals surface area contributed by atoms with Crippen molar-refractivity contribution in [1.82, 2.24) is 14.8 Å². The van der Waals surface area contributed by atoms with Crippen LogP contribution in [0.15, 0.2) is 18.3 Å². The molecule has 132 valence electrons. The van der Waals surface area contributed by atoms with Crippen molar-refractivity contribution in [2.75, 3.05) is 32.1 Å². The molecule has 3 rings (SSSR count). The summed E-state index contributed by atoms with van der Waals surface area (Å²) in [5, 5.41) is 0. The summed E-state index contributed by atoms with van der Waals surface area (Å²) >= 11 is 0. The van der Waals surface area contributed by atoms with Gasteiger partial charge in [-0.05, 0) is 25.3 Å². The molecule has 1 amide bonds. The summed E-state index contributed by atoms with van der Waals surface area (Å²) in [5.74, 6) is 1.29. The molecule has 0 spiro atoms. The number of fused-ring (bicyclic) bond motifs is 1. The summed E-state index contributed by atoms with van der Waals surface area (Å²) < 4.78 is 0. The molecule has 2 aliphatic heterocycles. The van der Waals surface area contributed by atoms with Crippen LogP contribution in [0.4, 0.5) is 5.82 Å². The van der Waals surface area contributed by atoms with Crippen molar-refractivity contribution in [3.8, 4) is 0 Å². The molecule has 0 N–H and O–H groups in total. The predicted octanol–water partition coefficient (Wildman–Crippen LogP) is 2.51. The highest BCUT2D eigenvalue weighted by Gasteiger charge is 2.39. The average molecular weight is 330 g/mol. The Morgan fingerprint density at radius 2 is 2.04 bits per heavy atom. The Morgan fingerprint density at radius 1 is 1.21 bits per heavy atom. The molecule has 3 heterocycles. The zero-order valence-electron chi connectivity index (χ0n) is 15.2. The lowest BCUT2D eigenvalue weighted by Gasteiger charge is -2.37. The quantitative estimate of drug-likeness (QED) is 0.854. The molecule has 2 saturated heterocycles. The first kappa shape index (κ1) is 17.2. The van der Waals surface area contributed by atoms with Crippen molar-refractivity contribution in [3.05, 3.63) is 23.9 Å². The number of anilines is 1. The third kappa shape index (κ3) is 3.56. The van der Waals surface area contributed by atoms with Gasteiger partial charge in [-0.15, -0.1) is 0 Å². The van der Waals surface area contributed by atoms with Gasteiger partial charge in [-0.25, -0.2) is 4.98 Å². The van der Waals surface area contributed by atoms with Gasteiger partial charge >= 0.3 is 0 Å². The van der Waals surface area contributed by atoms with Gasteiger partial charge in [-0.1, -0.05) is 18.9 Å². The molecule has 5 heteroatoms. The van der Waals surface area contributed by atoms with Crippen LogP contribution in [0.1, 0.15) is 44.6 Å². The highest BCUT2D eigenvalue weighted by molar-refractivity contribution is 5.73. The first-order valence-corrected chi connectivity index (χ1v) is 9.20. The number of aromatic nitrogens is 1. The fraction of sp³-hybridized carbons (Fsp3) is 0.684. The van der Waals surface area contributed by atoms with Crippen LogP contribution in [-0.2, 0) is 11.3 Å². The molecule has 2 fully saturated rings. The van der Waals surface area contributed by atoms with Crippen molar-refractivity contribution in [1.29, 1.82) is 0 Å². The van der Waals surface area contributed by atoms with E-state index in [4.69, 9.17) is 0 Å². The predicted molar refractivity (Wildman–Crippen MR) is 97.0 cm³/mol. The van der Waals surface area contributed by atoms with Gasteiger partial charge in [0.25, 0.3) is 0 Å². The second-order valence-corrected chi connectivity index (χ2v) is 7.34. The van der Waals surface area contributed by atoms with Gasteiger partial charge in [0.15, 0.2) is 0 Å². The average Bonchev–Trinajstić information content (AvgIpc) is 2.89. The normalized spacial score (nSPS) is 25.0. The number of rotatable bonds is 3. The third-order valence-corrected chi connectivity index (χ3v) is 5.49. The Labute approximate surface area is 145 Å². The largest absolute Gasteiger partial charge is 0.362 e. The SMILES string of the molecule is CC(=O)N1CCCCC[C@@H]2[C@@H]1CCN2Cc1cccnc1N(C)C. The first-order chi connectivity index (χ1) is 11.6. The number of nitrogens with zero attached hydrogens (tertiary/aromatic N) is 4. The topological polar surface area (TPSA) is 39.7 Å². The lowest BCUT2D eigenvalue weighted by Crippen LogP contribution is -2.48. The zero-order chi connectivity index (χ0) is 17.1. The number of amides is 1. The molecule has 0 unspecified atom stereocenters. The molecule has 24 heavy (non-hydrogen) atoms. The Hall–Kier alpha value is -1.62. The minimum Gasteiger partial charge on any atom is -0.362 e. The van der Waals surface area contributed by atoms with Gasteiger partial charge in [0, 0.05) is 64.5 Å². The zero-order valence-corrected chi connectivity index (χ0v) is 15.2. The molecule has 5 nitrogen and oxygen atoms in total. The second kappa shape index (κ2) is 7.51. The highest BCUT2D eigenvalue weighted by atomic mass is 16.2. The maximum atomic E-state index is 12.1. The van der Waals surface area contributed by atoms with Crippen LogP contribution in [0.2, 0.25) is 0 Å². The third-order valence-electron chi connectivity index (χ3n) is 5.49. The minimum atomic E-state index is 0.240. The van der Waals surface area contributed by atoms with Crippen molar-refractivity contribution >= 4 is 11.7 Å². The molecule has 0 aliphatic carbocycles. The lowest BCUT2D eigenvalue weighted by atomic mass is 9.97. The van der Waals surface area contributed by atoms with Crippen molar-refractivity contribution in [2.24, 2.45) is 0 Å². The molecule has 0 radical (unpaired) electrons. The number of carbonyl (C=O) groups is 1. The standard InChI is InChI=1S/C19H30N4O/c1-15(24)23-12-6-4-5-9-17-18(23)10-13-22(17)14-16-8-7-11-20-19(16)21(2)3/h7-8,11,17-18H,4-6,9-10,12-14H2,1-3H3/t17-,18+/m1/s1. The van der Waals surface area contributed by atoms with E-state index in [0.717, 1.165) is 38.3 Å². The Bertz CT molecular complexity index is 574. The van der Waals surface area contributed by atoms with Crippen LogP contribution < -0.4 is 4.90 Å². The monoisotopic (exact) mass is 330 g/mol. The van der Waals surface area contributed by atoms with E-state index >= 15 is 0 Å². The summed E-state index contributed by atoms with van der Waals surface area (Å²) in [6.45, 7) is 4.65. The fourth-order valence-corrected chi connectivity index (χ4v) is 4.38. The highest BCUT2D eigenvalue weighted by Crippen LogP contribution is 2.31. The summed E-state index contributed by atoms with van der Waals surface area (Å²) in [6.07, 6.45) is 7.82. The van der Waals surface area contributed by atoms with E-state index in [2.05, 4.69) is 25.8 Å². The first-order valence-electron chi connectivity index (χ1n) is 9.20. The number of carbonyl (C=O) groups excluding carboxylic acids is 1. The number of pyridine rings is 1. The number of likely N-dealkylation sites (tertiary alicyclic amines) is 2. The molecular weight excluding hydrogens is 300 g/mol. The second-order valence-electron chi connectivity index (χ2n) is 7.34. The number of hydrogen-bond acceptors (Lipinski definition) is 4. The maximum absolute atomic E-state index is 12.1. The fourth-order valence-electron chi connectivity index (χ4n) is 4.38. The van der Waals surface area contributed by atoms with Crippen LogP contribution in [0.3, 0.4) is 0 Å². The molecule has 1 aromatic heterocycles. The van der Waals surface area contributed by atoms with Gasteiger partial charge in [-0.2, -0.15) is 0 Å². The van der Waals surface area contributed by atoms with Crippen LogP contribution in [0, 0.1) is 0 Å². The Balaban J connectivity index is 1.79. The number of hydrogen-bond donors (Lipinski definition) is 0. The molecular formula is C19H30N4O. The van der Waals surface area contributed by atoms with E-state index in [-0.39, 0.29) is 5.91 Å². The molecule has 2 atom stereocenters. The Morgan fingerprint density at radius 3 is 2.79 bits per heavy atom. The lowest BCUT2D eigenvalue weighted by molar-refractivity contribution is -0.132. The van der Waals surface area contributed by atoms with Crippen LogP contribution in [-0.4, -0.2) is 60.0 Å². The molecule has 0 aromatic carbocycles. The van der Waals surface area contributed by atoms with Crippen molar-refractivity contribution in [2.45, 2.75) is 57.7 Å². The van der Waals surface area contributed by atoms with E-state index in [0.29, 0.717) is 12.1 Å². The van der Waals surface area contributed by atoms with E-state index in [1.807, 2.05) is 26.4 Å². The summed E-state index contributed by atoms with van der Waals surface area (Å²) in [4.78, 5) is 23.4. The smallest absolute Gasteiger partial charge is 0.219 e. The Kier molecular flexibility index (Phi) is 5.39. The molecule has 2 aliphatic rings. The van der Waals surface area contributed by atoms with E-state index in [9.17, 15) is 4.79 Å². The van der Waals surface area contributed by atoms with Gasteiger partial charge < -0.3 is 9.80 Å². The summed E-state index contributed by atoms with van der Waals surface area (Å²) in [7, 11) is 4.10. The molecule has 1 aromatic rings. The van der Waals surface area contributed by atoms with Crippen LogP contribution >= 0.6 is 0 Å². The molecule has 0 saturated carbocycles. The van der Waals surface area contributed by atoms with Crippen LogP contribution in [0.5, 0.6) is 0 Å². The van der Waals surface area contributed by atoms with E-state index in [1.165, 1.54) is 24.8 Å². The molecule has 0 bridgehead atoms. The summed E-state index contributed by atoms with van der Waals surface area (Å²) in [5.41, 5.74) is 1.28. The van der Waals surface area contributed by atoms with Crippen molar-refractivity contribution in [3.63, 3.8) is 0 Å². The van der Waals surface area contributed by atoms with E-state index in [1.54, 1.807) is 6.92 Å².